The van der Waals surface area contributed by atoms with Gasteiger partial charge in [-0.25, -0.2) is 9.37 Å². The molecule has 18 heavy (non-hydrogen) atoms. The zero-order valence-electron chi connectivity index (χ0n) is 10.4. The normalized spacial score (nSPS) is 10.2. The standard InChI is InChI=1S/C13H15FN4/c1-3-15-13-16-9-8-12(17-13)18(2)11-7-5-4-6-10(11)14/h4-9H,3H2,1-2H3,(H,15,16,17). The first-order valence-corrected chi connectivity index (χ1v) is 5.77. The summed E-state index contributed by atoms with van der Waals surface area (Å²) in [5.74, 6) is 0.910. The number of halogens is 1. The highest BCUT2D eigenvalue weighted by Gasteiger charge is 2.10. The maximum atomic E-state index is 13.7. The number of rotatable bonds is 4. The molecule has 4 nitrogen and oxygen atoms in total. The molecule has 0 unspecified atom stereocenters. The Kier molecular flexibility index (Phi) is 3.72. The molecule has 0 aliphatic rings. The second-order valence-corrected chi connectivity index (χ2v) is 3.78. The van der Waals surface area contributed by atoms with E-state index in [0.717, 1.165) is 6.54 Å². The predicted octanol–water partition coefficient (Wildman–Crippen LogP) is 2.82. The fourth-order valence-electron chi connectivity index (χ4n) is 1.63. The minimum absolute atomic E-state index is 0.274. The van der Waals surface area contributed by atoms with Crippen LogP contribution >= 0.6 is 0 Å². The Balaban J connectivity index is 2.31. The van der Waals surface area contributed by atoms with Crippen LogP contribution in [-0.2, 0) is 0 Å². The molecule has 0 aliphatic carbocycles. The highest BCUT2D eigenvalue weighted by Crippen LogP contribution is 2.24. The molecule has 0 saturated carbocycles. The summed E-state index contributed by atoms with van der Waals surface area (Å²) in [5.41, 5.74) is 0.485. The zero-order valence-corrected chi connectivity index (χ0v) is 10.4. The van der Waals surface area contributed by atoms with Crippen molar-refractivity contribution in [1.82, 2.24) is 9.97 Å². The van der Waals surface area contributed by atoms with Crippen LogP contribution in [0.15, 0.2) is 36.5 Å². The van der Waals surface area contributed by atoms with Crippen LogP contribution in [0, 0.1) is 5.82 Å². The van der Waals surface area contributed by atoms with Gasteiger partial charge >= 0.3 is 0 Å². The van der Waals surface area contributed by atoms with Crippen molar-refractivity contribution >= 4 is 17.5 Å². The third-order valence-corrected chi connectivity index (χ3v) is 2.53. The lowest BCUT2D eigenvalue weighted by molar-refractivity contribution is 0.627. The molecule has 0 saturated heterocycles. The van der Waals surface area contributed by atoms with Crippen LogP contribution < -0.4 is 10.2 Å². The molecular formula is C13H15FN4. The van der Waals surface area contributed by atoms with E-state index in [0.29, 0.717) is 17.5 Å². The van der Waals surface area contributed by atoms with E-state index in [9.17, 15) is 4.39 Å². The number of anilines is 3. The van der Waals surface area contributed by atoms with Crippen LogP contribution in [0.1, 0.15) is 6.92 Å². The molecule has 0 radical (unpaired) electrons. The highest BCUT2D eigenvalue weighted by molar-refractivity contribution is 5.60. The van der Waals surface area contributed by atoms with Gasteiger partial charge in [-0.3, -0.25) is 0 Å². The van der Waals surface area contributed by atoms with Gasteiger partial charge in [0.25, 0.3) is 0 Å². The quantitative estimate of drug-likeness (QED) is 0.900. The third-order valence-electron chi connectivity index (χ3n) is 2.53. The topological polar surface area (TPSA) is 41.1 Å². The van der Waals surface area contributed by atoms with Crippen molar-refractivity contribution in [3.63, 3.8) is 0 Å². The lowest BCUT2D eigenvalue weighted by atomic mass is 10.3. The lowest BCUT2D eigenvalue weighted by Crippen LogP contribution is -2.14. The summed E-state index contributed by atoms with van der Waals surface area (Å²) in [4.78, 5) is 10.1. The molecule has 1 N–H and O–H groups in total. The molecule has 0 amide bonds. The minimum atomic E-state index is -0.274. The second-order valence-electron chi connectivity index (χ2n) is 3.78. The first-order chi connectivity index (χ1) is 8.72. The molecule has 5 heteroatoms. The zero-order chi connectivity index (χ0) is 13.0. The van der Waals surface area contributed by atoms with Crippen molar-refractivity contribution in [2.24, 2.45) is 0 Å². The number of para-hydroxylation sites is 1. The summed E-state index contributed by atoms with van der Waals surface area (Å²) in [6.45, 7) is 2.71. The minimum Gasteiger partial charge on any atom is -0.354 e. The molecule has 0 bridgehead atoms. The number of hydrogen-bond donors (Lipinski definition) is 1. The van der Waals surface area contributed by atoms with E-state index in [1.54, 1.807) is 42.4 Å². The molecule has 94 valence electrons. The Morgan fingerprint density at radius 2 is 2.06 bits per heavy atom. The van der Waals surface area contributed by atoms with Gasteiger partial charge in [0.2, 0.25) is 5.95 Å². The van der Waals surface area contributed by atoms with Crippen LogP contribution in [0.25, 0.3) is 0 Å². The predicted molar refractivity (Wildman–Crippen MR) is 70.7 cm³/mol. The molecule has 0 fully saturated rings. The smallest absolute Gasteiger partial charge is 0.224 e. The summed E-state index contributed by atoms with van der Waals surface area (Å²) in [6.07, 6.45) is 1.65. The van der Waals surface area contributed by atoms with Crippen LogP contribution in [0.3, 0.4) is 0 Å². The number of aromatic nitrogens is 2. The van der Waals surface area contributed by atoms with Gasteiger partial charge in [0.1, 0.15) is 11.6 Å². The van der Waals surface area contributed by atoms with Crippen LogP contribution in [0.5, 0.6) is 0 Å². The monoisotopic (exact) mass is 246 g/mol. The largest absolute Gasteiger partial charge is 0.354 e. The van der Waals surface area contributed by atoms with Crippen molar-refractivity contribution in [3.8, 4) is 0 Å². The fraction of sp³-hybridized carbons (Fsp3) is 0.231. The highest BCUT2D eigenvalue weighted by atomic mass is 19.1. The van der Waals surface area contributed by atoms with Crippen molar-refractivity contribution in [3.05, 3.63) is 42.3 Å². The molecule has 0 aliphatic heterocycles. The third kappa shape index (κ3) is 2.56. The van der Waals surface area contributed by atoms with Crippen LogP contribution in [0.2, 0.25) is 0 Å². The first-order valence-electron chi connectivity index (χ1n) is 5.77. The molecular weight excluding hydrogens is 231 g/mol. The molecule has 1 aromatic heterocycles. The molecule has 2 rings (SSSR count). The SMILES string of the molecule is CCNc1nccc(N(C)c2ccccc2F)n1. The van der Waals surface area contributed by atoms with Crippen molar-refractivity contribution in [1.29, 1.82) is 0 Å². The first kappa shape index (κ1) is 12.3. The summed E-state index contributed by atoms with van der Waals surface area (Å²) < 4.78 is 13.7. The van der Waals surface area contributed by atoms with Gasteiger partial charge in [0.15, 0.2) is 0 Å². The molecule has 1 aromatic carbocycles. The van der Waals surface area contributed by atoms with Crippen molar-refractivity contribution < 1.29 is 4.39 Å². The Bertz CT molecular complexity index is 530. The van der Waals surface area contributed by atoms with Crippen molar-refractivity contribution in [2.45, 2.75) is 6.92 Å². The van der Waals surface area contributed by atoms with Gasteiger partial charge in [0, 0.05) is 19.8 Å². The van der Waals surface area contributed by atoms with E-state index in [1.165, 1.54) is 6.07 Å². The van der Waals surface area contributed by atoms with Gasteiger partial charge in [-0.15, -0.1) is 0 Å². The summed E-state index contributed by atoms with van der Waals surface area (Å²) in [6, 6.07) is 8.34. The number of benzene rings is 1. The van der Waals surface area contributed by atoms with Crippen LogP contribution in [-0.4, -0.2) is 23.6 Å². The maximum Gasteiger partial charge on any atom is 0.224 e. The van der Waals surface area contributed by atoms with E-state index < -0.39 is 0 Å². The summed E-state index contributed by atoms with van der Waals surface area (Å²) in [5, 5.41) is 3.03. The van der Waals surface area contributed by atoms with Crippen LogP contribution in [0.4, 0.5) is 21.8 Å². The molecule has 2 aromatic rings. The average molecular weight is 246 g/mol. The van der Waals surface area contributed by atoms with Crippen molar-refractivity contribution in [2.75, 3.05) is 23.8 Å². The van der Waals surface area contributed by atoms with E-state index in [-0.39, 0.29) is 5.82 Å². The Morgan fingerprint density at radius 3 is 2.78 bits per heavy atom. The average Bonchev–Trinajstić information content (AvgIpc) is 2.39. The summed E-state index contributed by atoms with van der Waals surface area (Å²) in [7, 11) is 1.77. The maximum absolute atomic E-state index is 13.7. The number of hydrogen-bond acceptors (Lipinski definition) is 4. The van der Waals surface area contributed by atoms with E-state index in [4.69, 9.17) is 0 Å². The second kappa shape index (κ2) is 5.44. The Morgan fingerprint density at radius 1 is 1.28 bits per heavy atom. The van der Waals surface area contributed by atoms with Gasteiger partial charge in [-0.1, -0.05) is 12.1 Å². The van der Waals surface area contributed by atoms with Gasteiger partial charge in [-0.2, -0.15) is 4.98 Å². The molecule has 0 spiro atoms. The van der Waals surface area contributed by atoms with E-state index in [1.807, 2.05) is 6.92 Å². The lowest BCUT2D eigenvalue weighted by Gasteiger charge is -2.19. The van der Waals surface area contributed by atoms with Gasteiger partial charge < -0.3 is 10.2 Å². The molecule has 0 atom stereocenters. The van der Waals surface area contributed by atoms with Gasteiger partial charge in [0.05, 0.1) is 5.69 Å². The van der Waals surface area contributed by atoms with E-state index in [2.05, 4.69) is 15.3 Å². The Labute approximate surface area is 105 Å². The number of nitrogens with one attached hydrogen (secondary N) is 1. The Hall–Kier alpha value is -2.17. The summed E-state index contributed by atoms with van der Waals surface area (Å²) >= 11 is 0. The molecule has 1 heterocycles. The fourth-order valence-corrected chi connectivity index (χ4v) is 1.63. The van der Waals surface area contributed by atoms with E-state index >= 15 is 0 Å². The van der Waals surface area contributed by atoms with Gasteiger partial charge in [-0.05, 0) is 25.1 Å². The number of nitrogens with zero attached hydrogens (tertiary/aromatic N) is 3.